The molecule has 1 rings (SSSR count). The highest BCUT2D eigenvalue weighted by Gasteiger charge is 2.32. The van der Waals surface area contributed by atoms with E-state index < -0.39 is 0 Å². The number of hydrogen-bond acceptors (Lipinski definition) is 2. The maximum Gasteiger partial charge on any atom is 0.0593 e. The molecule has 0 aromatic rings. The molecule has 0 aromatic carbocycles. The topological polar surface area (TPSA) is 12.5 Å². The molecule has 0 bridgehead atoms. The predicted octanol–water partition coefficient (Wildman–Crippen LogP) is 4.44. The van der Waals surface area contributed by atoms with Gasteiger partial charge in [0.2, 0.25) is 0 Å². The van der Waals surface area contributed by atoms with Gasteiger partial charge in [-0.05, 0) is 32.1 Å². The minimum atomic E-state index is 0. The number of hydrogen-bond donors (Lipinski definition) is 0. The Morgan fingerprint density at radius 3 is 1.89 bits per heavy atom. The first-order valence-corrected chi connectivity index (χ1v) is 7.04. The molecule has 0 N–H and O–H groups in total. The van der Waals surface area contributed by atoms with Crippen molar-refractivity contribution in [2.45, 2.75) is 68.4 Å². The Hall–Kier alpha value is -0.0800. The third kappa shape index (κ3) is 6.75. The zero-order valence-corrected chi connectivity index (χ0v) is 13.3. The molecular formula is C16H37NO. The smallest absolute Gasteiger partial charge is 0.0593 e. The lowest BCUT2D eigenvalue weighted by Crippen LogP contribution is -2.46. The highest BCUT2D eigenvalue weighted by Crippen LogP contribution is 2.30. The molecule has 1 saturated heterocycles. The minimum absolute atomic E-state index is 0. The van der Waals surface area contributed by atoms with Gasteiger partial charge in [-0.25, -0.2) is 0 Å². The van der Waals surface area contributed by atoms with E-state index in [1.54, 1.807) is 0 Å². The lowest BCUT2D eigenvalue weighted by atomic mass is 9.80. The van der Waals surface area contributed by atoms with E-state index in [2.05, 4.69) is 46.4 Å². The van der Waals surface area contributed by atoms with E-state index in [4.69, 9.17) is 4.74 Å². The van der Waals surface area contributed by atoms with Crippen LogP contribution in [0.1, 0.15) is 62.8 Å². The van der Waals surface area contributed by atoms with Crippen molar-refractivity contribution in [3.63, 3.8) is 0 Å². The second kappa shape index (κ2) is 8.16. The first-order valence-electron chi connectivity index (χ1n) is 7.04. The van der Waals surface area contributed by atoms with E-state index in [0.29, 0.717) is 11.3 Å². The normalized spacial score (nSPS) is 22.3. The predicted molar refractivity (Wildman–Crippen MR) is 83.2 cm³/mol. The van der Waals surface area contributed by atoms with Gasteiger partial charge >= 0.3 is 0 Å². The second-order valence-electron chi connectivity index (χ2n) is 6.75. The molecule has 2 heteroatoms. The second-order valence-corrected chi connectivity index (χ2v) is 6.75. The van der Waals surface area contributed by atoms with Crippen LogP contribution in [0, 0.1) is 11.3 Å². The molecule has 1 unspecified atom stereocenters. The fourth-order valence-corrected chi connectivity index (χ4v) is 1.94. The summed E-state index contributed by atoms with van der Waals surface area (Å²) >= 11 is 0. The number of ether oxygens (including phenoxy) is 1. The SMILES string of the molecule is C.CC.CC(C)(C)C1COCCN(C(C)(C)C)C1. The zero-order chi connectivity index (χ0) is 13.7. The summed E-state index contributed by atoms with van der Waals surface area (Å²) in [7, 11) is 0. The monoisotopic (exact) mass is 259 g/mol. The fourth-order valence-electron chi connectivity index (χ4n) is 1.94. The first kappa shape index (κ1) is 20.2. The Morgan fingerprint density at radius 2 is 1.50 bits per heavy atom. The van der Waals surface area contributed by atoms with Gasteiger partial charge in [-0.3, -0.25) is 4.90 Å². The van der Waals surface area contributed by atoms with Crippen LogP contribution < -0.4 is 0 Å². The zero-order valence-electron chi connectivity index (χ0n) is 13.3. The van der Waals surface area contributed by atoms with Crippen molar-refractivity contribution in [3.05, 3.63) is 0 Å². The van der Waals surface area contributed by atoms with Crippen molar-refractivity contribution >= 4 is 0 Å². The van der Waals surface area contributed by atoms with Gasteiger partial charge in [0.05, 0.1) is 13.2 Å². The summed E-state index contributed by atoms with van der Waals surface area (Å²) in [5.74, 6) is 0.638. The summed E-state index contributed by atoms with van der Waals surface area (Å²) in [4.78, 5) is 2.55. The Balaban J connectivity index is 0. The van der Waals surface area contributed by atoms with E-state index >= 15 is 0 Å². The summed E-state index contributed by atoms with van der Waals surface area (Å²) in [6.07, 6.45) is 0. The van der Waals surface area contributed by atoms with Crippen LogP contribution in [-0.2, 0) is 4.74 Å². The molecule has 0 radical (unpaired) electrons. The highest BCUT2D eigenvalue weighted by atomic mass is 16.5. The van der Waals surface area contributed by atoms with Gasteiger partial charge in [-0.2, -0.15) is 0 Å². The highest BCUT2D eigenvalue weighted by molar-refractivity contribution is 4.84. The van der Waals surface area contributed by atoms with Crippen molar-refractivity contribution in [1.29, 1.82) is 0 Å². The van der Waals surface area contributed by atoms with Gasteiger partial charge in [-0.15, -0.1) is 0 Å². The third-order valence-electron chi connectivity index (χ3n) is 3.44. The largest absolute Gasteiger partial charge is 0.380 e. The van der Waals surface area contributed by atoms with Gasteiger partial charge in [-0.1, -0.05) is 42.0 Å². The summed E-state index contributed by atoms with van der Waals surface area (Å²) in [5.41, 5.74) is 0.602. The molecule has 1 fully saturated rings. The van der Waals surface area contributed by atoms with Crippen molar-refractivity contribution in [2.75, 3.05) is 26.3 Å². The van der Waals surface area contributed by atoms with Crippen molar-refractivity contribution in [3.8, 4) is 0 Å². The number of rotatable bonds is 0. The van der Waals surface area contributed by atoms with Crippen LogP contribution >= 0.6 is 0 Å². The van der Waals surface area contributed by atoms with E-state index in [9.17, 15) is 0 Å². The van der Waals surface area contributed by atoms with Gasteiger partial charge in [0.15, 0.2) is 0 Å². The lowest BCUT2D eigenvalue weighted by Gasteiger charge is -2.39. The van der Waals surface area contributed by atoms with Gasteiger partial charge in [0, 0.05) is 18.6 Å². The van der Waals surface area contributed by atoms with E-state index in [0.717, 1.165) is 26.3 Å². The van der Waals surface area contributed by atoms with Crippen LogP contribution in [0.5, 0.6) is 0 Å². The molecule has 1 aliphatic rings. The maximum absolute atomic E-state index is 5.72. The van der Waals surface area contributed by atoms with Crippen LogP contribution in [0.3, 0.4) is 0 Å². The summed E-state index contributed by atoms with van der Waals surface area (Å²) in [6.45, 7) is 21.8. The maximum atomic E-state index is 5.72. The van der Waals surface area contributed by atoms with Crippen molar-refractivity contribution < 1.29 is 4.74 Å². The molecule has 0 aliphatic carbocycles. The third-order valence-corrected chi connectivity index (χ3v) is 3.44. The summed E-state index contributed by atoms with van der Waals surface area (Å²) in [5, 5.41) is 0. The van der Waals surface area contributed by atoms with Crippen LogP contribution in [0.2, 0.25) is 0 Å². The Bertz CT molecular complexity index is 178. The molecule has 0 amide bonds. The Labute approximate surface area is 116 Å². The van der Waals surface area contributed by atoms with Gasteiger partial charge < -0.3 is 4.74 Å². The van der Waals surface area contributed by atoms with E-state index in [1.807, 2.05) is 13.8 Å². The standard InChI is InChI=1S/C13H27NO.C2H6.CH4/c1-12(2,3)11-9-14(13(4,5)6)7-8-15-10-11;1-2;/h11H,7-10H2,1-6H3;1-2H3;1H4. The molecule has 2 nitrogen and oxygen atoms in total. The number of nitrogens with zero attached hydrogens (tertiary/aromatic N) is 1. The van der Waals surface area contributed by atoms with Crippen LogP contribution in [0.15, 0.2) is 0 Å². The van der Waals surface area contributed by atoms with Gasteiger partial charge in [0.25, 0.3) is 0 Å². The molecule has 0 spiro atoms. The summed E-state index contributed by atoms with van der Waals surface area (Å²) in [6, 6.07) is 0. The van der Waals surface area contributed by atoms with E-state index in [1.165, 1.54) is 0 Å². The average molecular weight is 259 g/mol. The average Bonchev–Trinajstić information content (AvgIpc) is 2.43. The van der Waals surface area contributed by atoms with Crippen LogP contribution in [-0.4, -0.2) is 36.7 Å². The van der Waals surface area contributed by atoms with Crippen molar-refractivity contribution in [2.24, 2.45) is 11.3 Å². The molecule has 0 aromatic heterocycles. The molecule has 18 heavy (non-hydrogen) atoms. The van der Waals surface area contributed by atoms with Crippen LogP contribution in [0.25, 0.3) is 0 Å². The molecule has 1 heterocycles. The quantitative estimate of drug-likeness (QED) is 0.637. The molecule has 0 saturated carbocycles. The fraction of sp³-hybridized carbons (Fsp3) is 1.00. The minimum Gasteiger partial charge on any atom is -0.380 e. The van der Waals surface area contributed by atoms with E-state index in [-0.39, 0.29) is 13.0 Å². The Kier molecular flexibility index (Phi) is 9.18. The molecule has 112 valence electrons. The van der Waals surface area contributed by atoms with Gasteiger partial charge in [0.1, 0.15) is 0 Å². The first-order chi connectivity index (χ1) is 7.71. The Morgan fingerprint density at radius 1 is 1.00 bits per heavy atom. The lowest BCUT2D eigenvalue weighted by molar-refractivity contribution is 0.0741. The van der Waals surface area contributed by atoms with Crippen LogP contribution in [0.4, 0.5) is 0 Å². The molecular weight excluding hydrogens is 222 g/mol. The summed E-state index contributed by atoms with van der Waals surface area (Å²) < 4.78 is 5.72. The molecule has 1 atom stereocenters. The van der Waals surface area contributed by atoms with Crippen molar-refractivity contribution in [1.82, 2.24) is 4.90 Å². The molecule has 1 aliphatic heterocycles.